The number of esters is 1. The predicted molar refractivity (Wildman–Crippen MR) is 85.4 cm³/mol. The second kappa shape index (κ2) is 7.42. The summed E-state index contributed by atoms with van der Waals surface area (Å²) in [6.45, 7) is 2.56. The van der Waals surface area contributed by atoms with Gasteiger partial charge in [0, 0.05) is 7.05 Å². The number of ether oxygens (including phenoxy) is 1. The highest BCUT2D eigenvalue weighted by molar-refractivity contribution is 7.89. The summed E-state index contributed by atoms with van der Waals surface area (Å²) in [6, 6.07) is 7.22. The third-order valence-electron chi connectivity index (χ3n) is 3.46. The van der Waals surface area contributed by atoms with Gasteiger partial charge in [-0.05, 0) is 39.1 Å². The van der Waals surface area contributed by atoms with Gasteiger partial charge in [-0.3, -0.25) is 4.79 Å². The fraction of sp³-hybridized carbons (Fsp3) is 0.400. The van der Waals surface area contributed by atoms with Crippen LogP contribution in [0.15, 0.2) is 29.2 Å². The van der Waals surface area contributed by atoms with E-state index in [2.05, 4.69) is 4.72 Å². The number of carbonyl (C=O) groups is 2. The van der Waals surface area contributed by atoms with E-state index in [1.54, 1.807) is 13.8 Å². The number of benzene rings is 1. The fourth-order valence-corrected chi connectivity index (χ4v) is 2.38. The highest BCUT2D eigenvalue weighted by Gasteiger charge is 2.28. The number of amides is 1. The number of nitrogens with zero attached hydrogens (tertiary/aromatic N) is 2. The molecule has 0 fully saturated rings. The van der Waals surface area contributed by atoms with Crippen LogP contribution >= 0.6 is 0 Å². The molecule has 0 aliphatic carbocycles. The lowest BCUT2D eigenvalue weighted by Gasteiger charge is -2.28. The normalized spacial score (nSPS) is 11.5. The average Bonchev–Trinajstić information content (AvgIpc) is 2.58. The van der Waals surface area contributed by atoms with E-state index in [1.807, 2.05) is 6.07 Å². The zero-order valence-corrected chi connectivity index (χ0v) is 14.7. The monoisotopic (exact) mass is 353 g/mol. The Bertz CT molecular complexity index is 781. The largest absolute Gasteiger partial charge is 0.452 e. The molecule has 0 saturated carbocycles. The molecule has 1 N–H and O–H groups in total. The minimum absolute atomic E-state index is 0.00122. The molecule has 0 bridgehead atoms. The molecule has 1 aromatic rings. The van der Waals surface area contributed by atoms with Crippen molar-refractivity contribution in [2.45, 2.75) is 24.3 Å². The molecule has 1 amide bonds. The number of hydrogen-bond donors (Lipinski definition) is 1. The lowest BCUT2D eigenvalue weighted by molar-refractivity contribution is -0.136. The summed E-state index contributed by atoms with van der Waals surface area (Å²) in [7, 11) is -1.00. The van der Waals surface area contributed by atoms with Crippen LogP contribution in [0.5, 0.6) is 0 Å². The molecular formula is C15H19N3O5S. The second-order valence-electron chi connectivity index (χ2n) is 5.44. The number of carbonyl (C=O) groups excluding carboxylic acids is 2. The van der Waals surface area contributed by atoms with Gasteiger partial charge in [-0.15, -0.1) is 0 Å². The Kier molecular flexibility index (Phi) is 6.06. The van der Waals surface area contributed by atoms with E-state index in [4.69, 9.17) is 10.00 Å². The van der Waals surface area contributed by atoms with Gasteiger partial charge in [0.05, 0.1) is 16.5 Å². The predicted octanol–water partition coefficient (Wildman–Crippen LogP) is 0.512. The molecule has 0 radical (unpaired) electrons. The Labute approximate surface area is 141 Å². The quantitative estimate of drug-likeness (QED) is 0.745. The van der Waals surface area contributed by atoms with Crippen molar-refractivity contribution in [1.29, 1.82) is 5.26 Å². The molecule has 0 aliphatic heterocycles. The maximum atomic E-state index is 12.0. The van der Waals surface area contributed by atoms with Crippen LogP contribution in [-0.2, 0) is 19.6 Å². The first-order chi connectivity index (χ1) is 11.0. The zero-order chi connectivity index (χ0) is 18.5. The highest BCUT2D eigenvalue weighted by atomic mass is 32.2. The summed E-state index contributed by atoms with van der Waals surface area (Å²) in [5.41, 5.74) is -1.04. The highest BCUT2D eigenvalue weighted by Crippen LogP contribution is 2.13. The van der Waals surface area contributed by atoms with Gasteiger partial charge in [-0.2, -0.15) is 5.26 Å². The molecule has 1 aromatic carbocycles. The minimum Gasteiger partial charge on any atom is -0.452 e. The molecular weight excluding hydrogens is 334 g/mol. The third kappa shape index (κ3) is 4.53. The van der Waals surface area contributed by atoms with Crippen LogP contribution in [0.4, 0.5) is 0 Å². The lowest BCUT2D eigenvalue weighted by atomic mass is 10.1. The number of rotatable bonds is 6. The van der Waals surface area contributed by atoms with Crippen molar-refractivity contribution in [3.8, 4) is 6.07 Å². The van der Waals surface area contributed by atoms with E-state index in [-0.39, 0.29) is 10.5 Å². The van der Waals surface area contributed by atoms with Crippen LogP contribution in [0.2, 0.25) is 0 Å². The van der Waals surface area contributed by atoms with Gasteiger partial charge in [-0.1, -0.05) is 6.07 Å². The topological polar surface area (TPSA) is 117 Å². The maximum Gasteiger partial charge on any atom is 0.338 e. The minimum atomic E-state index is -3.69. The Morgan fingerprint density at radius 3 is 2.54 bits per heavy atom. The first kappa shape index (κ1) is 19.6. The van der Waals surface area contributed by atoms with Crippen LogP contribution in [0, 0.1) is 11.3 Å². The van der Waals surface area contributed by atoms with Crippen LogP contribution in [0.3, 0.4) is 0 Å². The molecule has 24 heavy (non-hydrogen) atoms. The van der Waals surface area contributed by atoms with Crippen molar-refractivity contribution in [1.82, 2.24) is 9.62 Å². The van der Waals surface area contributed by atoms with E-state index in [9.17, 15) is 18.0 Å². The molecule has 0 aromatic heterocycles. The molecule has 1 rings (SSSR count). The Morgan fingerprint density at radius 2 is 2.00 bits per heavy atom. The van der Waals surface area contributed by atoms with E-state index < -0.39 is 34.0 Å². The van der Waals surface area contributed by atoms with Gasteiger partial charge in [0.2, 0.25) is 10.0 Å². The molecule has 0 aliphatic rings. The van der Waals surface area contributed by atoms with Crippen molar-refractivity contribution in [2.75, 3.05) is 20.7 Å². The number of hydrogen-bond acceptors (Lipinski definition) is 6. The Hall–Kier alpha value is -2.44. The maximum absolute atomic E-state index is 12.0. The fourth-order valence-electron chi connectivity index (χ4n) is 1.60. The Balaban J connectivity index is 2.82. The summed E-state index contributed by atoms with van der Waals surface area (Å²) >= 11 is 0. The molecule has 0 heterocycles. The summed E-state index contributed by atoms with van der Waals surface area (Å²) in [5.74, 6) is -1.38. The van der Waals surface area contributed by atoms with Gasteiger partial charge < -0.3 is 9.64 Å². The van der Waals surface area contributed by atoms with Gasteiger partial charge in [0.15, 0.2) is 6.61 Å². The van der Waals surface area contributed by atoms with Crippen LogP contribution in [0.25, 0.3) is 0 Å². The van der Waals surface area contributed by atoms with Crippen molar-refractivity contribution < 1.29 is 22.7 Å². The number of likely N-dealkylation sites (N-methyl/N-ethyl adjacent to an activating group) is 1. The second-order valence-corrected chi connectivity index (χ2v) is 7.32. The van der Waals surface area contributed by atoms with Gasteiger partial charge in [0.25, 0.3) is 5.91 Å². The molecule has 8 nitrogen and oxygen atoms in total. The van der Waals surface area contributed by atoms with E-state index >= 15 is 0 Å². The first-order valence-corrected chi connectivity index (χ1v) is 8.42. The van der Waals surface area contributed by atoms with Crippen molar-refractivity contribution in [3.05, 3.63) is 29.8 Å². The molecule has 0 atom stereocenters. The summed E-state index contributed by atoms with van der Waals surface area (Å²) < 4.78 is 30.5. The third-order valence-corrected chi connectivity index (χ3v) is 4.87. The summed E-state index contributed by atoms with van der Waals surface area (Å²) in [6.07, 6.45) is 0. The van der Waals surface area contributed by atoms with Crippen LogP contribution < -0.4 is 4.72 Å². The SMILES string of the molecule is CNS(=O)(=O)c1cccc(C(=O)OCC(=O)N(C)C(C)(C)C#N)c1. The van der Waals surface area contributed by atoms with Crippen molar-refractivity contribution >= 4 is 21.9 Å². The molecule has 0 saturated heterocycles. The summed E-state index contributed by atoms with van der Waals surface area (Å²) in [4.78, 5) is 25.0. The van der Waals surface area contributed by atoms with Crippen LogP contribution in [0.1, 0.15) is 24.2 Å². The molecule has 0 unspecified atom stereocenters. The number of nitrogens with one attached hydrogen (secondary N) is 1. The van der Waals surface area contributed by atoms with Crippen molar-refractivity contribution in [3.63, 3.8) is 0 Å². The summed E-state index contributed by atoms with van der Waals surface area (Å²) in [5, 5.41) is 8.98. The Morgan fingerprint density at radius 1 is 1.38 bits per heavy atom. The molecule has 130 valence electrons. The van der Waals surface area contributed by atoms with Gasteiger partial charge in [-0.25, -0.2) is 17.9 Å². The zero-order valence-electron chi connectivity index (χ0n) is 13.9. The van der Waals surface area contributed by atoms with E-state index in [0.29, 0.717) is 0 Å². The standard InChI is InChI=1S/C15H19N3O5S/c1-15(2,10-16)18(4)13(19)9-23-14(20)11-6-5-7-12(8-11)24(21,22)17-3/h5-8,17H,9H2,1-4H3. The van der Waals surface area contributed by atoms with E-state index in [0.717, 1.165) is 6.07 Å². The van der Waals surface area contributed by atoms with E-state index in [1.165, 1.54) is 37.2 Å². The number of nitriles is 1. The average molecular weight is 353 g/mol. The first-order valence-electron chi connectivity index (χ1n) is 6.94. The van der Waals surface area contributed by atoms with Gasteiger partial charge in [0.1, 0.15) is 5.54 Å². The van der Waals surface area contributed by atoms with Crippen LogP contribution in [-0.4, -0.2) is 51.4 Å². The molecule has 9 heteroatoms. The molecule has 0 spiro atoms. The number of sulfonamides is 1. The van der Waals surface area contributed by atoms with Gasteiger partial charge >= 0.3 is 5.97 Å². The van der Waals surface area contributed by atoms with Crippen molar-refractivity contribution in [2.24, 2.45) is 0 Å². The smallest absolute Gasteiger partial charge is 0.338 e. The lowest BCUT2D eigenvalue weighted by Crippen LogP contribution is -2.45.